The average Bonchev–Trinajstić information content (AvgIpc) is 2.73. The molecule has 0 fully saturated rings. The highest BCUT2D eigenvalue weighted by atomic mass is 35.5. The van der Waals surface area contributed by atoms with Gasteiger partial charge in [0.15, 0.2) is 0 Å². The molecule has 4 aromatic rings. The minimum atomic E-state index is 0.523. The van der Waals surface area contributed by atoms with Gasteiger partial charge in [0.2, 0.25) is 0 Å². The Kier molecular flexibility index (Phi) is 5.41. The van der Waals surface area contributed by atoms with Gasteiger partial charge in [-0.25, -0.2) is 0 Å². The Balaban J connectivity index is 1.51. The summed E-state index contributed by atoms with van der Waals surface area (Å²) < 4.78 is 6.05. The molecule has 3 heteroatoms. The van der Waals surface area contributed by atoms with Crippen molar-refractivity contribution in [2.45, 2.75) is 13.5 Å². The van der Waals surface area contributed by atoms with Crippen molar-refractivity contribution >= 4 is 34.3 Å². The summed E-state index contributed by atoms with van der Waals surface area (Å²) in [7, 11) is 0. The summed E-state index contributed by atoms with van der Waals surface area (Å²) in [5.41, 5.74) is 4.11. The molecule has 0 radical (unpaired) electrons. The van der Waals surface area contributed by atoms with Crippen LogP contribution in [0, 0.1) is 6.92 Å². The minimum absolute atomic E-state index is 0.523. The van der Waals surface area contributed by atoms with Crippen LogP contribution in [0.4, 0.5) is 5.69 Å². The van der Waals surface area contributed by atoms with Crippen molar-refractivity contribution in [2.24, 2.45) is 4.99 Å². The van der Waals surface area contributed by atoms with Gasteiger partial charge in [0.1, 0.15) is 12.4 Å². The van der Waals surface area contributed by atoms with Gasteiger partial charge in [-0.1, -0.05) is 72.3 Å². The Morgan fingerprint density at radius 3 is 2.64 bits per heavy atom. The van der Waals surface area contributed by atoms with Crippen molar-refractivity contribution in [1.29, 1.82) is 0 Å². The summed E-state index contributed by atoms with van der Waals surface area (Å²) in [6.45, 7) is 2.54. The number of hydrogen-bond donors (Lipinski definition) is 0. The Labute approximate surface area is 170 Å². The molecule has 4 aromatic carbocycles. The Morgan fingerprint density at radius 1 is 0.893 bits per heavy atom. The fourth-order valence-corrected chi connectivity index (χ4v) is 3.30. The molecular weight excluding hydrogens is 366 g/mol. The number of hydrogen-bond acceptors (Lipinski definition) is 2. The molecule has 2 nitrogen and oxygen atoms in total. The summed E-state index contributed by atoms with van der Waals surface area (Å²) in [6, 6.07) is 28.3. The van der Waals surface area contributed by atoms with E-state index in [0.717, 1.165) is 22.6 Å². The van der Waals surface area contributed by atoms with Crippen LogP contribution in [0.25, 0.3) is 10.8 Å². The fourth-order valence-electron chi connectivity index (χ4n) is 3.13. The molecular formula is C25H20ClNO. The zero-order valence-corrected chi connectivity index (χ0v) is 16.4. The van der Waals surface area contributed by atoms with Crippen molar-refractivity contribution in [3.8, 4) is 5.75 Å². The van der Waals surface area contributed by atoms with E-state index in [2.05, 4.69) is 47.5 Å². The molecule has 0 aliphatic carbocycles. The van der Waals surface area contributed by atoms with Gasteiger partial charge < -0.3 is 4.74 Å². The van der Waals surface area contributed by atoms with Crippen LogP contribution in [-0.4, -0.2) is 6.21 Å². The number of aryl methyl sites for hydroxylation is 1. The van der Waals surface area contributed by atoms with E-state index in [0.29, 0.717) is 11.6 Å². The highest BCUT2D eigenvalue weighted by Gasteiger charge is 2.02. The zero-order valence-electron chi connectivity index (χ0n) is 15.6. The monoisotopic (exact) mass is 385 g/mol. The Bertz CT molecular complexity index is 1140. The molecule has 0 saturated heterocycles. The van der Waals surface area contributed by atoms with E-state index in [1.54, 1.807) is 0 Å². The third-order valence-corrected chi connectivity index (χ3v) is 4.89. The summed E-state index contributed by atoms with van der Waals surface area (Å²) in [4.78, 5) is 4.57. The molecule has 0 aromatic heterocycles. The van der Waals surface area contributed by atoms with Crippen LogP contribution in [0.2, 0.25) is 5.02 Å². The lowest BCUT2D eigenvalue weighted by molar-refractivity contribution is 0.307. The standard InChI is InChI=1S/C25H20ClNO/c1-18-12-13-22(26)15-25(18)27-16-19-6-4-10-23(14-19)28-17-21-9-5-8-20-7-2-3-11-24(20)21/h2-16H,17H2,1H3. The number of ether oxygens (including phenoxy) is 1. The number of benzene rings is 4. The predicted octanol–water partition coefficient (Wildman–Crippen LogP) is 7.13. The first kappa shape index (κ1) is 18.3. The number of rotatable bonds is 5. The van der Waals surface area contributed by atoms with E-state index < -0.39 is 0 Å². The van der Waals surface area contributed by atoms with E-state index in [9.17, 15) is 0 Å². The van der Waals surface area contributed by atoms with E-state index in [4.69, 9.17) is 16.3 Å². The topological polar surface area (TPSA) is 21.6 Å². The summed E-state index contributed by atoms with van der Waals surface area (Å²) in [5, 5.41) is 3.13. The maximum atomic E-state index is 6.07. The molecule has 0 spiro atoms. The van der Waals surface area contributed by atoms with Crippen LogP contribution >= 0.6 is 11.6 Å². The molecule has 0 amide bonds. The van der Waals surface area contributed by atoms with E-state index in [1.807, 2.05) is 55.6 Å². The lowest BCUT2D eigenvalue weighted by atomic mass is 10.1. The van der Waals surface area contributed by atoms with Crippen LogP contribution in [0.5, 0.6) is 5.75 Å². The molecule has 0 saturated carbocycles. The molecule has 0 N–H and O–H groups in total. The predicted molar refractivity (Wildman–Crippen MR) is 118 cm³/mol. The first-order valence-electron chi connectivity index (χ1n) is 9.19. The summed E-state index contributed by atoms with van der Waals surface area (Å²) in [6.07, 6.45) is 1.84. The molecule has 0 aliphatic heterocycles. The molecule has 0 atom stereocenters. The molecule has 0 aliphatic rings. The van der Waals surface area contributed by atoms with Gasteiger partial charge in [0, 0.05) is 11.2 Å². The molecule has 0 unspecified atom stereocenters. The second kappa shape index (κ2) is 8.28. The van der Waals surface area contributed by atoms with Gasteiger partial charge in [0.25, 0.3) is 0 Å². The molecule has 28 heavy (non-hydrogen) atoms. The van der Waals surface area contributed by atoms with Crippen molar-refractivity contribution in [3.63, 3.8) is 0 Å². The first-order chi connectivity index (χ1) is 13.7. The van der Waals surface area contributed by atoms with Gasteiger partial charge in [0.05, 0.1) is 5.69 Å². The fraction of sp³-hybridized carbons (Fsp3) is 0.0800. The molecule has 4 rings (SSSR count). The molecule has 0 bridgehead atoms. The first-order valence-corrected chi connectivity index (χ1v) is 9.56. The van der Waals surface area contributed by atoms with Crippen molar-refractivity contribution in [3.05, 3.63) is 107 Å². The minimum Gasteiger partial charge on any atom is -0.489 e. The number of fused-ring (bicyclic) bond motifs is 1. The van der Waals surface area contributed by atoms with Gasteiger partial charge in [-0.2, -0.15) is 0 Å². The SMILES string of the molecule is Cc1ccc(Cl)cc1N=Cc1cccc(OCc2cccc3ccccc23)c1. The Morgan fingerprint density at radius 2 is 1.71 bits per heavy atom. The lowest BCUT2D eigenvalue weighted by Gasteiger charge is -2.09. The normalized spacial score (nSPS) is 11.2. The van der Waals surface area contributed by atoms with Gasteiger partial charge >= 0.3 is 0 Å². The van der Waals surface area contributed by atoms with Gasteiger partial charge in [-0.3, -0.25) is 4.99 Å². The third-order valence-electron chi connectivity index (χ3n) is 4.66. The number of aliphatic imine (C=N–C) groups is 1. The van der Waals surface area contributed by atoms with Crippen LogP contribution in [-0.2, 0) is 6.61 Å². The van der Waals surface area contributed by atoms with E-state index >= 15 is 0 Å². The van der Waals surface area contributed by atoms with Crippen molar-refractivity contribution in [2.75, 3.05) is 0 Å². The summed E-state index contributed by atoms with van der Waals surface area (Å²) >= 11 is 6.07. The third kappa shape index (κ3) is 4.24. The maximum Gasteiger partial charge on any atom is 0.120 e. The van der Waals surface area contributed by atoms with Crippen molar-refractivity contribution < 1.29 is 4.74 Å². The van der Waals surface area contributed by atoms with Crippen LogP contribution in [0.1, 0.15) is 16.7 Å². The molecule has 138 valence electrons. The smallest absolute Gasteiger partial charge is 0.120 e. The second-order valence-electron chi connectivity index (χ2n) is 6.69. The van der Waals surface area contributed by atoms with Gasteiger partial charge in [-0.05, 0) is 58.7 Å². The van der Waals surface area contributed by atoms with E-state index in [1.165, 1.54) is 16.3 Å². The van der Waals surface area contributed by atoms with Crippen LogP contribution < -0.4 is 4.74 Å². The van der Waals surface area contributed by atoms with E-state index in [-0.39, 0.29) is 0 Å². The highest BCUT2D eigenvalue weighted by Crippen LogP contribution is 2.24. The summed E-state index contributed by atoms with van der Waals surface area (Å²) in [5.74, 6) is 0.819. The quantitative estimate of drug-likeness (QED) is 0.335. The Hall–Kier alpha value is -3.10. The van der Waals surface area contributed by atoms with Crippen LogP contribution in [0.3, 0.4) is 0 Å². The zero-order chi connectivity index (χ0) is 19.3. The largest absolute Gasteiger partial charge is 0.489 e. The average molecular weight is 386 g/mol. The maximum absolute atomic E-state index is 6.07. The number of halogens is 1. The van der Waals surface area contributed by atoms with Crippen LogP contribution in [0.15, 0.2) is 89.9 Å². The molecule has 0 heterocycles. The second-order valence-corrected chi connectivity index (χ2v) is 7.12. The van der Waals surface area contributed by atoms with Crippen molar-refractivity contribution in [1.82, 2.24) is 0 Å². The van der Waals surface area contributed by atoms with Gasteiger partial charge in [-0.15, -0.1) is 0 Å². The number of nitrogens with zero attached hydrogens (tertiary/aromatic N) is 1. The lowest BCUT2D eigenvalue weighted by Crippen LogP contribution is -1.97. The highest BCUT2D eigenvalue weighted by molar-refractivity contribution is 6.30.